The van der Waals surface area contributed by atoms with E-state index in [1.165, 1.54) is 31.2 Å². The number of aryl methyl sites for hydroxylation is 1. The first-order valence-electron chi connectivity index (χ1n) is 5.96. The van der Waals surface area contributed by atoms with Crippen molar-refractivity contribution in [2.75, 3.05) is 7.05 Å². The van der Waals surface area contributed by atoms with Gasteiger partial charge in [-0.3, -0.25) is 0 Å². The molecule has 1 aromatic heterocycles. The molecule has 1 rings (SSSR count). The van der Waals surface area contributed by atoms with E-state index in [2.05, 4.69) is 43.0 Å². The molecule has 2 atom stereocenters. The molecule has 0 saturated heterocycles. The van der Waals surface area contributed by atoms with Gasteiger partial charge in [0, 0.05) is 6.04 Å². The van der Waals surface area contributed by atoms with Crippen LogP contribution in [0.2, 0.25) is 0 Å². The lowest BCUT2D eigenvalue weighted by atomic mass is 9.92. The Hall–Kier alpha value is -0.340. The van der Waals surface area contributed by atoms with Gasteiger partial charge >= 0.3 is 0 Å². The molecule has 1 nitrogen and oxygen atoms in total. The van der Waals surface area contributed by atoms with E-state index in [1.54, 1.807) is 11.3 Å². The fourth-order valence-electron chi connectivity index (χ4n) is 2.13. The molecule has 2 heteroatoms. The molecule has 0 spiro atoms. The first kappa shape index (κ1) is 12.7. The molecule has 0 bridgehead atoms. The lowest BCUT2D eigenvalue weighted by Gasteiger charge is -2.23. The van der Waals surface area contributed by atoms with Crippen LogP contribution in [0.5, 0.6) is 0 Å². The molecular formula is C13H23NS. The molecule has 2 unspecified atom stereocenters. The van der Waals surface area contributed by atoms with Gasteiger partial charge in [0.2, 0.25) is 0 Å². The average Bonchev–Trinajstić information content (AvgIpc) is 2.72. The van der Waals surface area contributed by atoms with Gasteiger partial charge in [0.05, 0.1) is 0 Å². The van der Waals surface area contributed by atoms with Crippen LogP contribution in [0.3, 0.4) is 0 Å². The summed E-state index contributed by atoms with van der Waals surface area (Å²) in [6.45, 7) is 4.63. The van der Waals surface area contributed by atoms with Gasteiger partial charge in [-0.05, 0) is 54.6 Å². The summed E-state index contributed by atoms with van der Waals surface area (Å²) in [5, 5.41) is 7.88. The van der Waals surface area contributed by atoms with Crippen LogP contribution in [-0.4, -0.2) is 13.1 Å². The second-order valence-corrected chi connectivity index (χ2v) is 5.11. The Morgan fingerprint density at radius 3 is 2.73 bits per heavy atom. The smallest absolute Gasteiger partial charge is 0.00928 e. The van der Waals surface area contributed by atoms with Crippen LogP contribution in [0.15, 0.2) is 16.8 Å². The predicted octanol–water partition coefficient (Wildman–Crippen LogP) is 3.70. The maximum absolute atomic E-state index is 3.45. The quantitative estimate of drug-likeness (QED) is 0.746. The van der Waals surface area contributed by atoms with Gasteiger partial charge in [-0.2, -0.15) is 11.3 Å². The van der Waals surface area contributed by atoms with Crippen molar-refractivity contribution in [2.45, 2.75) is 45.6 Å². The van der Waals surface area contributed by atoms with E-state index >= 15 is 0 Å². The van der Waals surface area contributed by atoms with Crippen molar-refractivity contribution < 1.29 is 0 Å². The Balaban J connectivity index is 2.33. The molecule has 0 saturated carbocycles. The normalized spacial score (nSPS) is 15.1. The fraction of sp³-hybridized carbons (Fsp3) is 0.692. The SMILES string of the molecule is CCCC(C)C(CCc1ccsc1)NC. The van der Waals surface area contributed by atoms with E-state index < -0.39 is 0 Å². The topological polar surface area (TPSA) is 12.0 Å². The number of thiophene rings is 1. The Morgan fingerprint density at radius 2 is 2.20 bits per heavy atom. The largest absolute Gasteiger partial charge is 0.317 e. The third kappa shape index (κ3) is 4.35. The van der Waals surface area contributed by atoms with Crippen molar-refractivity contribution in [1.82, 2.24) is 5.32 Å². The van der Waals surface area contributed by atoms with E-state index in [-0.39, 0.29) is 0 Å². The van der Waals surface area contributed by atoms with Gasteiger partial charge in [-0.25, -0.2) is 0 Å². The third-order valence-corrected chi connectivity index (χ3v) is 3.86. The molecule has 0 aromatic carbocycles. The predicted molar refractivity (Wildman–Crippen MR) is 69.6 cm³/mol. The summed E-state index contributed by atoms with van der Waals surface area (Å²) in [7, 11) is 2.09. The second-order valence-electron chi connectivity index (χ2n) is 4.33. The molecule has 1 heterocycles. The molecule has 0 amide bonds. The summed E-state index contributed by atoms with van der Waals surface area (Å²) in [4.78, 5) is 0. The highest BCUT2D eigenvalue weighted by Crippen LogP contribution is 2.16. The molecule has 0 radical (unpaired) electrons. The molecule has 86 valence electrons. The van der Waals surface area contributed by atoms with Crippen molar-refractivity contribution in [3.63, 3.8) is 0 Å². The Labute approximate surface area is 97.9 Å². The van der Waals surface area contributed by atoms with Crippen LogP contribution < -0.4 is 5.32 Å². The van der Waals surface area contributed by atoms with Gasteiger partial charge in [-0.15, -0.1) is 0 Å². The lowest BCUT2D eigenvalue weighted by Crippen LogP contribution is -2.32. The van der Waals surface area contributed by atoms with E-state index in [0.717, 1.165) is 5.92 Å². The molecule has 0 aliphatic carbocycles. The average molecular weight is 225 g/mol. The summed E-state index contributed by atoms with van der Waals surface area (Å²) < 4.78 is 0. The number of rotatable bonds is 7. The number of hydrogen-bond donors (Lipinski definition) is 1. The minimum absolute atomic E-state index is 0.671. The highest BCUT2D eigenvalue weighted by molar-refractivity contribution is 7.07. The maximum Gasteiger partial charge on any atom is 0.00928 e. The van der Waals surface area contributed by atoms with E-state index in [4.69, 9.17) is 0 Å². The summed E-state index contributed by atoms with van der Waals surface area (Å²) >= 11 is 1.80. The van der Waals surface area contributed by atoms with Crippen molar-refractivity contribution in [2.24, 2.45) is 5.92 Å². The second kappa shape index (κ2) is 7.02. The zero-order valence-corrected chi connectivity index (χ0v) is 10.9. The van der Waals surface area contributed by atoms with E-state index in [1.807, 2.05) is 0 Å². The molecule has 0 fully saturated rings. The lowest BCUT2D eigenvalue weighted by molar-refractivity contribution is 0.355. The van der Waals surface area contributed by atoms with Crippen molar-refractivity contribution >= 4 is 11.3 Å². The van der Waals surface area contributed by atoms with E-state index in [0.29, 0.717) is 6.04 Å². The summed E-state index contributed by atoms with van der Waals surface area (Å²) in [5.41, 5.74) is 1.49. The number of nitrogens with one attached hydrogen (secondary N) is 1. The van der Waals surface area contributed by atoms with Gasteiger partial charge in [-0.1, -0.05) is 20.3 Å². The minimum Gasteiger partial charge on any atom is -0.317 e. The zero-order chi connectivity index (χ0) is 11.1. The molecular weight excluding hydrogens is 202 g/mol. The maximum atomic E-state index is 3.45. The third-order valence-electron chi connectivity index (χ3n) is 3.13. The van der Waals surface area contributed by atoms with Crippen molar-refractivity contribution in [1.29, 1.82) is 0 Å². The minimum atomic E-state index is 0.671. The molecule has 0 aliphatic rings. The summed E-state index contributed by atoms with van der Waals surface area (Å²) in [6, 6.07) is 2.91. The van der Waals surface area contributed by atoms with Gasteiger partial charge < -0.3 is 5.32 Å². The van der Waals surface area contributed by atoms with Crippen molar-refractivity contribution in [3.05, 3.63) is 22.4 Å². The zero-order valence-electron chi connectivity index (χ0n) is 10.1. The monoisotopic (exact) mass is 225 g/mol. The standard InChI is InChI=1S/C13H23NS/c1-4-5-11(2)13(14-3)7-6-12-8-9-15-10-12/h8-11,13-14H,4-7H2,1-3H3. The Morgan fingerprint density at radius 1 is 1.40 bits per heavy atom. The van der Waals surface area contributed by atoms with E-state index in [9.17, 15) is 0 Å². The summed E-state index contributed by atoms with van der Waals surface area (Å²) in [5.74, 6) is 0.790. The number of hydrogen-bond acceptors (Lipinski definition) is 2. The van der Waals surface area contributed by atoms with Gasteiger partial charge in [0.1, 0.15) is 0 Å². The van der Waals surface area contributed by atoms with Crippen LogP contribution in [0.1, 0.15) is 38.7 Å². The fourth-order valence-corrected chi connectivity index (χ4v) is 2.83. The Kier molecular flexibility index (Phi) is 5.96. The molecule has 1 N–H and O–H groups in total. The molecule has 15 heavy (non-hydrogen) atoms. The van der Waals surface area contributed by atoms with Crippen LogP contribution >= 0.6 is 11.3 Å². The first-order chi connectivity index (χ1) is 7.27. The first-order valence-corrected chi connectivity index (χ1v) is 6.90. The molecule has 0 aliphatic heterocycles. The van der Waals surface area contributed by atoms with Crippen molar-refractivity contribution in [3.8, 4) is 0 Å². The summed E-state index contributed by atoms with van der Waals surface area (Å²) in [6.07, 6.45) is 5.09. The van der Waals surface area contributed by atoms with Crippen LogP contribution in [0.25, 0.3) is 0 Å². The Bertz CT molecular complexity index is 243. The van der Waals surface area contributed by atoms with Gasteiger partial charge in [0.15, 0.2) is 0 Å². The van der Waals surface area contributed by atoms with Gasteiger partial charge in [0.25, 0.3) is 0 Å². The highest BCUT2D eigenvalue weighted by atomic mass is 32.1. The highest BCUT2D eigenvalue weighted by Gasteiger charge is 2.14. The van der Waals surface area contributed by atoms with Crippen LogP contribution in [0, 0.1) is 5.92 Å². The molecule has 1 aromatic rings. The van der Waals surface area contributed by atoms with Crippen LogP contribution in [0.4, 0.5) is 0 Å². The van der Waals surface area contributed by atoms with Crippen LogP contribution in [-0.2, 0) is 6.42 Å².